The Bertz CT molecular complexity index is 1090. The molecule has 148 valence electrons. The summed E-state index contributed by atoms with van der Waals surface area (Å²) in [5.41, 5.74) is 3.72. The Labute approximate surface area is 169 Å². The molecule has 6 heteroatoms. The third-order valence-electron chi connectivity index (χ3n) is 5.07. The Morgan fingerprint density at radius 2 is 1.90 bits per heavy atom. The number of H-pyrrole nitrogens is 1. The second-order valence-electron chi connectivity index (χ2n) is 7.54. The molecule has 2 aromatic carbocycles. The Morgan fingerprint density at radius 3 is 2.62 bits per heavy atom. The first-order valence-corrected chi connectivity index (χ1v) is 9.77. The van der Waals surface area contributed by atoms with Crippen molar-refractivity contribution in [3.05, 3.63) is 71.5 Å². The van der Waals surface area contributed by atoms with E-state index in [0.29, 0.717) is 36.2 Å². The molecule has 0 radical (unpaired) electrons. The van der Waals surface area contributed by atoms with E-state index in [2.05, 4.69) is 29.0 Å². The third kappa shape index (κ3) is 4.06. The summed E-state index contributed by atoms with van der Waals surface area (Å²) in [4.78, 5) is 22.1. The van der Waals surface area contributed by atoms with Gasteiger partial charge < -0.3 is 14.4 Å². The highest BCUT2D eigenvalue weighted by Gasteiger charge is 2.15. The zero-order valence-corrected chi connectivity index (χ0v) is 16.8. The van der Waals surface area contributed by atoms with Crippen molar-refractivity contribution in [2.24, 2.45) is 0 Å². The standard InChI is InChI=1S/C23H24N4O2/c1-15(2)16-8-10-17(11-9-16)23(28)27(3)13-12-21-25-22(29-26-21)20-14-18-6-4-5-7-19(18)24-20/h4-11,14-15,24H,12-13H2,1-3H3. The average Bonchev–Trinajstić information content (AvgIpc) is 3.38. The molecule has 4 rings (SSSR count). The van der Waals surface area contributed by atoms with Crippen molar-refractivity contribution in [2.75, 3.05) is 13.6 Å². The molecule has 0 aliphatic heterocycles. The highest BCUT2D eigenvalue weighted by atomic mass is 16.5. The SMILES string of the molecule is CC(C)c1ccc(C(=O)N(C)CCc2noc(-c3cc4ccccc4[nH]3)n2)cc1. The molecule has 6 nitrogen and oxygen atoms in total. The lowest BCUT2D eigenvalue weighted by Gasteiger charge is -2.16. The van der Waals surface area contributed by atoms with E-state index in [1.807, 2.05) is 54.6 Å². The van der Waals surface area contributed by atoms with Crippen LogP contribution in [0, 0.1) is 0 Å². The normalized spacial score (nSPS) is 11.3. The van der Waals surface area contributed by atoms with Crippen LogP contribution in [0.4, 0.5) is 0 Å². The first kappa shape index (κ1) is 18.9. The largest absolute Gasteiger partial charge is 0.351 e. The molecule has 0 atom stereocenters. The first-order chi connectivity index (χ1) is 14.0. The highest BCUT2D eigenvalue weighted by Crippen LogP contribution is 2.22. The van der Waals surface area contributed by atoms with Crippen molar-refractivity contribution in [3.63, 3.8) is 0 Å². The molecule has 2 aromatic heterocycles. The quantitative estimate of drug-likeness (QED) is 0.521. The van der Waals surface area contributed by atoms with Crippen LogP contribution in [0.2, 0.25) is 0 Å². The molecule has 0 fully saturated rings. The van der Waals surface area contributed by atoms with Crippen LogP contribution >= 0.6 is 0 Å². The second-order valence-corrected chi connectivity index (χ2v) is 7.54. The van der Waals surface area contributed by atoms with E-state index < -0.39 is 0 Å². The number of para-hydroxylation sites is 1. The van der Waals surface area contributed by atoms with Gasteiger partial charge in [0.05, 0.1) is 0 Å². The number of aromatic nitrogens is 3. The number of likely N-dealkylation sites (N-methyl/N-ethyl adjacent to an activating group) is 1. The molecule has 0 saturated heterocycles. The average molecular weight is 388 g/mol. The van der Waals surface area contributed by atoms with Crippen molar-refractivity contribution in [2.45, 2.75) is 26.2 Å². The predicted octanol–water partition coefficient (Wildman–Crippen LogP) is 4.66. The fourth-order valence-corrected chi connectivity index (χ4v) is 3.25. The third-order valence-corrected chi connectivity index (χ3v) is 5.07. The number of nitrogens with one attached hydrogen (secondary N) is 1. The topological polar surface area (TPSA) is 75.0 Å². The minimum Gasteiger partial charge on any atom is -0.351 e. The van der Waals surface area contributed by atoms with Crippen molar-refractivity contribution >= 4 is 16.8 Å². The molecule has 0 aliphatic carbocycles. The maximum absolute atomic E-state index is 12.6. The van der Waals surface area contributed by atoms with E-state index in [4.69, 9.17) is 4.52 Å². The Morgan fingerprint density at radius 1 is 1.14 bits per heavy atom. The molecular formula is C23H24N4O2. The van der Waals surface area contributed by atoms with Crippen molar-refractivity contribution in [3.8, 4) is 11.6 Å². The summed E-state index contributed by atoms with van der Waals surface area (Å²) in [5.74, 6) is 1.46. The van der Waals surface area contributed by atoms with Crippen LogP contribution in [0.15, 0.2) is 59.1 Å². The number of amides is 1. The molecule has 0 aliphatic rings. The molecule has 0 saturated carbocycles. The van der Waals surface area contributed by atoms with Crippen molar-refractivity contribution in [1.29, 1.82) is 0 Å². The Kier molecular flexibility index (Phi) is 5.16. The lowest BCUT2D eigenvalue weighted by atomic mass is 10.0. The van der Waals surface area contributed by atoms with Gasteiger partial charge in [-0.3, -0.25) is 4.79 Å². The molecule has 0 unspecified atom stereocenters. The van der Waals surface area contributed by atoms with Gasteiger partial charge in [0, 0.05) is 36.5 Å². The van der Waals surface area contributed by atoms with Crippen LogP contribution in [-0.2, 0) is 6.42 Å². The van der Waals surface area contributed by atoms with Gasteiger partial charge in [0.15, 0.2) is 5.82 Å². The number of carbonyl (C=O) groups is 1. The highest BCUT2D eigenvalue weighted by molar-refractivity contribution is 5.94. The minimum absolute atomic E-state index is 0.0142. The van der Waals surface area contributed by atoms with E-state index in [9.17, 15) is 4.79 Å². The van der Waals surface area contributed by atoms with Gasteiger partial charge in [0.1, 0.15) is 5.69 Å². The summed E-state index contributed by atoms with van der Waals surface area (Å²) in [6, 6.07) is 17.8. The molecule has 0 spiro atoms. The zero-order valence-electron chi connectivity index (χ0n) is 16.8. The van der Waals surface area contributed by atoms with E-state index in [-0.39, 0.29) is 5.91 Å². The predicted molar refractivity (Wildman–Crippen MR) is 113 cm³/mol. The summed E-state index contributed by atoms with van der Waals surface area (Å²) in [5, 5.41) is 5.15. The monoisotopic (exact) mass is 388 g/mol. The van der Waals surface area contributed by atoms with Gasteiger partial charge in [-0.15, -0.1) is 0 Å². The first-order valence-electron chi connectivity index (χ1n) is 9.77. The number of benzene rings is 2. The Balaban J connectivity index is 1.39. The zero-order chi connectivity index (χ0) is 20.4. The molecular weight excluding hydrogens is 364 g/mol. The van der Waals surface area contributed by atoms with Gasteiger partial charge >= 0.3 is 0 Å². The molecule has 0 bridgehead atoms. The molecule has 4 aromatic rings. The van der Waals surface area contributed by atoms with E-state index in [0.717, 1.165) is 16.6 Å². The van der Waals surface area contributed by atoms with Crippen molar-refractivity contribution in [1.82, 2.24) is 20.0 Å². The number of rotatable bonds is 6. The lowest BCUT2D eigenvalue weighted by Crippen LogP contribution is -2.29. The van der Waals surface area contributed by atoms with Gasteiger partial charge in [-0.2, -0.15) is 4.98 Å². The number of hydrogen-bond donors (Lipinski definition) is 1. The van der Waals surface area contributed by atoms with Gasteiger partial charge in [-0.1, -0.05) is 49.3 Å². The van der Waals surface area contributed by atoms with Gasteiger partial charge in [-0.25, -0.2) is 0 Å². The van der Waals surface area contributed by atoms with Crippen molar-refractivity contribution < 1.29 is 9.32 Å². The number of hydrogen-bond acceptors (Lipinski definition) is 4. The molecule has 29 heavy (non-hydrogen) atoms. The maximum Gasteiger partial charge on any atom is 0.274 e. The van der Waals surface area contributed by atoms with E-state index in [1.54, 1.807) is 11.9 Å². The van der Waals surface area contributed by atoms with Crippen LogP contribution in [-0.4, -0.2) is 39.5 Å². The molecule has 2 heterocycles. The number of carbonyl (C=O) groups excluding carboxylic acids is 1. The second kappa shape index (κ2) is 7.91. The fraction of sp³-hybridized carbons (Fsp3) is 0.261. The van der Waals surface area contributed by atoms with Crippen LogP contribution in [0.5, 0.6) is 0 Å². The summed E-state index contributed by atoms with van der Waals surface area (Å²) >= 11 is 0. The fourth-order valence-electron chi connectivity index (χ4n) is 3.25. The number of aromatic amines is 1. The van der Waals surface area contributed by atoms with E-state index >= 15 is 0 Å². The molecule has 1 N–H and O–H groups in total. The van der Waals surface area contributed by atoms with E-state index in [1.165, 1.54) is 5.56 Å². The van der Waals surface area contributed by atoms with Gasteiger partial charge in [-0.05, 0) is 35.7 Å². The minimum atomic E-state index is -0.0142. The summed E-state index contributed by atoms with van der Waals surface area (Å²) in [6.07, 6.45) is 0.524. The lowest BCUT2D eigenvalue weighted by molar-refractivity contribution is 0.0795. The van der Waals surface area contributed by atoms with Crippen LogP contribution in [0.3, 0.4) is 0 Å². The van der Waals surface area contributed by atoms with Crippen LogP contribution in [0.1, 0.15) is 41.5 Å². The smallest absolute Gasteiger partial charge is 0.274 e. The maximum atomic E-state index is 12.6. The molecule has 1 amide bonds. The summed E-state index contributed by atoms with van der Waals surface area (Å²) in [7, 11) is 1.79. The summed E-state index contributed by atoms with van der Waals surface area (Å²) in [6.45, 7) is 4.78. The van der Waals surface area contributed by atoms with Crippen LogP contribution in [0.25, 0.3) is 22.5 Å². The van der Waals surface area contributed by atoms with Crippen LogP contribution < -0.4 is 0 Å². The van der Waals surface area contributed by atoms with Gasteiger partial charge in [0.25, 0.3) is 11.8 Å². The number of nitrogens with zero attached hydrogens (tertiary/aromatic N) is 3. The number of fused-ring (bicyclic) bond motifs is 1. The summed E-state index contributed by atoms with van der Waals surface area (Å²) < 4.78 is 5.40. The Hall–Kier alpha value is -3.41. The van der Waals surface area contributed by atoms with Gasteiger partial charge in [0.2, 0.25) is 0 Å².